The van der Waals surface area contributed by atoms with Gasteiger partial charge in [-0.2, -0.15) is 5.26 Å². The SMILES string of the molecule is CCc1ccccc1CC(C)c1ncc(CC#N)n1C/C(C)=N/C(=N\C)NC1CN(C(=O)C2CCC2)C1. The van der Waals surface area contributed by atoms with Gasteiger partial charge in [-0.05, 0) is 43.7 Å². The molecule has 0 spiro atoms. The monoisotopic (exact) mass is 501 g/mol. The predicted octanol–water partition coefficient (Wildman–Crippen LogP) is 3.90. The highest BCUT2D eigenvalue weighted by molar-refractivity contribution is 5.96. The number of guanidine groups is 1. The molecule has 1 aromatic carbocycles. The van der Waals surface area contributed by atoms with Crippen LogP contribution in [0.4, 0.5) is 0 Å². The first-order valence-corrected chi connectivity index (χ1v) is 13.5. The largest absolute Gasteiger partial charge is 0.348 e. The van der Waals surface area contributed by atoms with Gasteiger partial charge < -0.3 is 14.8 Å². The van der Waals surface area contributed by atoms with Crippen molar-refractivity contribution in [2.24, 2.45) is 15.9 Å². The summed E-state index contributed by atoms with van der Waals surface area (Å²) >= 11 is 0. The zero-order valence-electron chi connectivity index (χ0n) is 22.6. The predicted molar refractivity (Wildman–Crippen MR) is 147 cm³/mol. The Morgan fingerprint density at radius 1 is 1.27 bits per heavy atom. The van der Waals surface area contributed by atoms with Gasteiger partial charge in [-0.15, -0.1) is 0 Å². The molecule has 1 saturated heterocycles. The van der Waals surface area contributed by atoms with Crippen LogP contribution in [0.15, 0.2) is 40.4 Å². The molecule has 196 valence electrons. The molecular formula is C29H39N7O. The first kappa shape index (κ1) is 26.6. The average molecular weight is 502 g/mol. The molecule has 0 bridgehead atoms. The van der Waals surface area contributed by atoms with Crippen molar-refractivity contribution < 1.29 is 4.79 Å². The van der Waals surface area contributed by atoms with Crippen LogP contribution < -0.4 is 5.32 Å². The number of aliphatic imine (C=N–C) groups is 2. The quantitative estimate of drug-likeness (QED) is 0.416. The lowest BCUT2D eigenvalue weighted by molar-refractivity contribution is -0.142. The number of carbonyl (C=O) groups is 1. The van der Waals surface area contributed by atoms with Gasteiger partial charge in [0, 0.05) is 43.9 Å². The minimum absolute atomic E-state index is 0.177. The number of likely N-dealkylation sites (tertiary alicyclic amines) is 1. The number of nitrogens with zero attached hydrogens (tertiary/aromatic N) is 6. The molecule has 1 saturated carbocycles. The van der Waals surface area contributed by atoms with Gasteiger partial charge in [-0.1, -0.05) is 44.5 Å². The lowest BCUT2D eigenvalue weighted by Crippen LogP contribution is -2.62. The lowest BCUT2D eigenvalue weighted by Gasteiger charge is -2.43. The topological polar surface area (TPSA) is 98.7 Å². The standard InChI is InChI=1S/C29H39N7O/c1-5-22-9-6-7-10-24(22)15-20(2)27-32-16-26(13-14-30)36(27)17-21(3)33-29(31-4)34-25-18-35(19-25)28(37)23-11-8-12-23/h6-7,9-10,16,20,23,25H,5,8,11-13,15,17-19H2,1-4H3,(H,31,34)/b33-21+. The fourth-order valence-corrected chi connectivity index (χ4v) is 5.19. The van der Waals surface area contributed by atoms with Gasteiger partial charge in [-0.3, -0.25) is 9.79 Å². The summed E-state index contributed by atoms with van der Waals surface area (Å²) in [5.74, 6) is 2.28. The first-order chi connectivity index (χ1) is 17.9. The Bertz CT molecular complexity index is 1200. The molecule has 1 unspecified atom stereocenters. The molecule has 37 heavy (non-hydrogen) atoms. The molecule has 2 fully saturated rings. The number of hydrogen-bond donors (Lipinski definition) is 1. The van der Waals surface area contributed by atoms with Crippen LogP contribution in [0.1, 0.15) is 68.6 Å². The molecule has 1 aliphatic heterocycles. The number of benzene rings is 1. The van der Waals surface area contributed by atoms with Gasteiger partial charge in [0.1, 0.15) is 5.82 Å². The van der Waals surface area contributed by atoms with Gasteiger partial charge >= 0.3 is 0 Å². The van der Waals surface area contributed by atoms with E-state index in [1.54, 1.807) is 7.05 Å². The second-order valence-electron chi connectivity index (χ2n) is 10.4. The van der Waals surface area contributed by atoms with E-state index in [0.29, 0.717) is 37.9 Å². The molecule has 0 radical (unpaired) electrons. The van der Waals surface area contributed by atoms with Crippen LogP contribution in [0.25, 0.3) is 0 Å². The highest BCUT2D eigenvalue weighted by Gasteiger charge is 2.36. The maximum absolute atomic E-state index is 12.4. The van der Waals surface area contributed by atoms with E-state index in [1.807, 2.05) is 18.0 Å². The highest BCUT2D eigenvalue weighted by atomic mass is 16.2. The van der Waals surface area contributed by atoms with E-state index in [2.05, 4.69) is 59.1 Å². The van der Waals surface area contributed by atoms with Gasteiger partial charge in [-0.25, -0.2) is 9.98 Å². The number of rotatable bonds is 9. The van der Waals surface area contributed by atoms with Crippen molar-refractivity contribution in [3.05, 3.63) is 53.1 Å². The summed E-state index contributed by atoms with van der Waals surface area (Å²) in [4.78, 5) is 28.2. The van der Waals surface area contributed by atoms with Crippen LogP contribution >= 0.6 is 0 Å². The fourth-order valence-electron chi connectivity index (χ4n) is 5.19. The summed E-state index contributed by atoms with van der Waals surface area (Å²) in [6.45, 7) is 8.32. The maximum Gasteiger partial charge on any atom is 0.225 e. The molecule has 8 nitrogen and oxygen atoms in total. The number of imidazole rings is 1. The van der Waals surface area contributed by atoms with Crippen molar-refractivity contribution in [2.45, 2.75) is 77.8 Å². The molecule has 1 N–H and O–H groups in total. The Balaban J connectivity index is 1.42. The van der Waals surface area contributed by atoms with Crippen LogP contribution in [-0.4, -0.2) is 58.2 Å². The van der Waals surface area contributed by atoms with Gasteiger partial charge in [0.25, 0.3) is 0 Å². The maximum atomic E-state index is 12.4. The smallest absolute Gasteiger partial charge is 0.225 e. The van der Waals surface area contributed by atoms with E-state index in [-0.39, 0.29) is 17.9 Å². The summed E-state index contributed by atoms with van der Waals surface area (Å²) < 4.78 is 2.14. The molecule has 1 amide bonds. The first-order valence-electron chi connectivity index (χ1n) is 13.5. The molecule has 1 aliphatic carbocycles. The zero-order chi connectivity index (χ0) is 26.4. The van der Waals surface area contributed by atoms with Crippen molar-refractivity contribution in [3.63, 3.8) is 0 Å². The number of amides is 1. The zero-order valence-corrected chi connectivity index (χ0v) is 22.6. The van der Waals surface area contributed by atoms with E-state index in [1.165, 1.54) is 17.5 Å². The molecule has 1 atom stereocenters. The second kappa shape index (κ2) is 12.2. The Morgan fingerprint density at radius 2 is 2.00 bits per heavy atom. The van der Waals surface area contributed by atoms with E-state index in [4.69, 9.17) is 9.98 Å². The third-order valence-corrected chi connectivity index (χ3v) is 7.57. The van der Waals surface area contributed by atoms with Crippen LogP contribution in [-0.2, 0) is 30.6 Å². The van der Waals surface area contributed by atoms with Crippen LogP contribution in [0.3, 0.4) is 0 Å². The highest BCUT2D eigenvalue weighted by Crippen LogP contribution is 2.29. The molecule has 8 heteroatoms. The Hall–Kier alpha value is -3.47. The number of nitrogens with one attached hydrogen (secondary N) is 1. The molecule has 1 aromatic heterocycles. The number of nitriles is 1. The second-order valence-corrected chi connectivity index (χ2v) is 10.4. The summed E-state index contributed by atoms with van der Waals surface area (Å²) in [6.07, 6.45) is 7.26. The molecular weight excluding hydrogens is 462 g/mol. The third-order valence-electron chi connectivity index (χ3n) is 7.57. The van der Waals surface area contributed by atoms with Gasteiger partial charge in [0.2, 0.25) is 11.9 Å². The third kappa shape index (κ3) is 6.27. The summed E-state index contributed by atoms with van der Waals surface area (Å²) in [5.41, 5.74) is 4.49. The fraction of sp³-hybridized carbons (Fsp3) is 0.552. The van der Waals surface area contributed by atoms with Crippen LogP contribution in [0.5, 0.6) is 0 Å². The minimum atomic E-state index is 0.177. The molecule has 2 heterocycles. The van der Waals surface area contributed by atoms with Crippen LogP contribution in [0.2, 0.25) is 0 Å². The van der Waals surface area contributed by atoms with Crippen molar-refractivity contribution in [1.29, 1.82) is 5.26 Å². The normalized spacial score (nSPS) is 17.6. The van der Waals surface area contributed by atoms with Crippen molar-refractivity contribution in [1.82, 2.24) is 19.8 Å². The van der Waals surface area contributed by atoms with Crippen molar-refractivity contribution in [3.8, 4) is 6.07 Å². The van der Waals surface area contributed by atoms with E-state index in [0.717, 1.165) is 42.9 Å². The lowest BCUT2D eigenvalue weighted by atomic mass is 9.83. The summed E-state index contributed by atoms with van der Waals surface area (Å²) in [7, 11) is 1.73. The van der Waals surface area contributed by atoms with Gasteiger partial charge in [0.05, 0.1) is 30.8 Å². The van der Waals surface area contributed by atoms with Gasteiger partial charge in [0.15, 0.2) is 0 Å². The van der Waals surface area contributed by atoms with E-state index < -0.39 is 0 Å². The molecule has 2 aliphatic rings. The van der Waals surface area contributed by atoms with Crippen molar-refractivity contribution >= 4 is 17.6 Å². The summed E-state index contributed by atoms with van der Waals surface area (Å²) in [5, 5.41) is 12.8. The number of aryl methyl sites for hydroxylation is 1. The van der Waals surface area contributed by atoms with Crippen LogP contribution in [0, 0.1) is 17.2 Å². The Kier molecular flexibility index (Phi) is 8.75. The summed E-state index contributed by atoms with van der Waals surface area (Å²) in [6, 6.07) is 11.0. The number of hydrogen-bond acceptors (Lipinski definition) is 4. The average Bonchev–Trinajstić information content (AvgIpc) is 3.21. The Morgan fingerprint density at radius 3 is 2.62 bits per heavy atom. The van der Waals surface area contributed by atoms with E-state index >= 15 is 0 Å². The number of aromatic nitrogens is 2. The van der Waals surface area contributed by atoms with Crippen molar-refractivity contribution in [2.75, 3.05) is 20.1 Å². The van der Waals surface area contributed by atoms with E-state index in [9.17, 15) is 10.1 Å². The number of carbonyl (C=O) groups excluding carboxylic acids is 1. The minimum Gasteiger partial charge on any atom is -0.348 e. The molecule has 2 aromatic rings. The Labute approximate surface area is 220 Å². The molecule has 4 rings (SSSR count).